The average molecular weight is 833 g/mol. The van der Waals surface area contributed by atoms with Crippen LogP contribution in [0.3, 0.4) is 0 Å². The number of hydrogen-bond donors (Lipinski definition) is 4. The first-order valence-corrected chi connectivity index (χ1v) is 21.8. The van der Waals surface area contributed by atoms with Gasteiger partial charge < -0.3 is 19.3 Å². The molecule has 0 fully saturated rings. The quantitative estimate of drug-likeness (QED) is 0.113. The SMILES string of the molecule is O=C(O)CCn1c2c(c3ccccc31)C[C@H](NS(=O)(=O)c1ccc(F)cc1)CC2.O=C(O)CCn1c2c(c3ccccc31)C[C@H](NS(=O)(=O)c1ccc(F)cc1)CC2. The molecule has 0 bridgehead atoms. The van der Waals surface area contributed by atoms with Crippen molar-refractivity contribution >= 4 is 53.8 Å². The fourth-order valence-electron chi connectivity index (χ4n) is 8.13. The minimum Gasteiger partial charge on any atom is -0.481 e. The first-order valence-electron chi connectivity index (χ1n) is 18.9. The van der Waals surface area contributed by atoms with Crippen molar-refractivity contribution in [2.24, 2.45) is 0 Å². The summed E-state index contributed by atoms with van der Waals surface area (Å²) >= 11 is 0. The van der Waals surface area contributed by atoms with Crippen LogP contribution < -0.4 is 9.44 Å². The Balaban J connectivity index is 0.000000177. The van der Waals surface area contributed by atoms with Gasteiger partial charge in [-0.15, -0.1) is 0 Å². The van der Waals surface area contributed by atoms with Crippen LogP contribution in [0.5, 0.6) is 0 Å². The van der Waals surface area contributed by atoms with Gasteiger partial charge in [-0.3, -0.25) is 9.59 Å². The van der Waals surface area contributed by atoms with E-state index in [0.717, 1.165) is 68.6 Å². The Bertz CT molecular complexity index is 2530. The van der Waals surface area contributed by atoms with Crippen LogP contribution in [0.2, 0.25) is 0 Å². The van der Waals surface area contributed by atoms with Gasteiger partial charge in [0.05, 0.1) is 22.6 Å². The maximum absolute atomic E-state index is 13.1. The lowest BCUT2D eigenvalue weighted by molar-refractivity contribution is -0.138. The molecule has 304 valence electrons. The first-order chi connectivity index (χ1) is 27.7. The van der Waals surface area contributed by atoms with Crippen LogP contribution >= 0.6 is 0 Å². The fourth-order valence-corrected chi connectivity index (χ4v) is 10.7. The molecule has 0 aliphatic heterocycles. The number of rotatable bonds is 12. The highest BCUT2D eigenvalue weighted by atomic mass is 32.2. The summed E-state index contributed by atoms with van der Waals surface area (Å²) in [5, 5.41) is 20.2. The van der Waals surface area contributed by atoms with E-state index in [-0.39, 0.29) is 34.7 Å². The van der Waals surface area contributed by atoms with Crippen molar-refractivity contribution in [2.45, 2.75) is 86.3 Å². The second-order valence-corrected chi connectivity index (χ2v) is 17.9. The Labute approximate surface area is 334 Å². The molecule has 0 radical (unpaired) electrons. The highest BCUT2D eigenvalue weighted by molar-refractivity contribution is 7.89. The maximum atomic E-state index is 13.1. The third kappa shape index (κ3) is 8.84. The zero-order valence-electron chi connectivity index (χ0n) is 31.3. The van der Waals surface area contributed by atoms with Crippen LogP contribution in [-0.2, 0) is 68.4 Å². The molecule has 0 unspecified atom stereocenters. The molecule has 0 spiro atoms. The number of aromatic nitrogens is 2. The predicted octanol–water partition coefficient (Wildman–Crippen LogP) is 6.18. The highest BCUT2D eigenvalue weighted by Gasteiger charge is 2.30. The van der Waals surface area contributed by atoms with E-state index in [1.54, 1.807) is 0 Å². The maximum Gasteiger partial charge on any atom is 0.305 e. The smallest absolute Gasteiger partial charge is 0.305 e. The molecule has 2 atom stereocenters. The summed E-state index contributed by atoms with van der Waals surface area (Å²) in [5.41, 5.74) is 6.21. The number of nitrogens with zero attached hydrogens (tertiary/aromatic N) is 2. The molecule has 2 aliphatic rings. The molecule has 4 aromatic carbocycles. The van der Waals surface area contributed by atoms with Crippen molar-refractivity contribution in [3.8, 4) is 0 Å². The fraction of sp³-hybridized carbons (Fsp3) is 0.286. The predicted molar refractivity (Wildman–Crippen MR) is 213 cm³/mol. The average Bonchev–Trinajstić information content (AvgIpc) is 3.67. The van der Waals surface area contributed by atoms with Crippen LogP contribution in [0.15, 0.2) is 107 Å². The minimum atomic E-state index is -3.75. The first kappa shape index (κ1) is 40.8. The molecule has 8 rings (SSSR count). The van der Waals surface area contributed by atoms with Gasteiger partial charge in [-0.1, -0.05) is 36.4 Å². The van der Waals surface area contributed by atoms with Crippen molar-refractivity contribution in [3.63, 3.8) is 0 Å². The van der Waals surface area contributed by atoms with Crippen LogP contribution in [-0.4, -0.2) is 60.2 Å². The summed E-state index contributed by atoms with van der Waals surface area (Å²) in [7, 11) is -7.50. The van der Waals surface area contributed by atoms with Gasteiger partial charge in [0.1, 0.15) is 11.6 Å². The molecule has 2 aliphatic carbocycles. The molecule has 0 saturated heterocycles. The van der Waals surface area contributed by atoms with Crippen molar-refractivity contribution in [1.29, 1.82) is 0 Å². The van der Waals surface area contributed by atoms with E-state index in [4.69, 9.17) is 10.2 Å². The third-order valence-electron chi connectivity index (χ3n) is 10.7. The third-order valence-corrected chi connectivity index (χ3v) is 13.8. The molecule has 4 N–H and O–H groups in total. The number of carbonyl (C=O) groups is 2. The zero-order valence-corrected chi connectivity index (χ0v) is 32.9. The Kier molecular flexibility index (Phi) is 11.8. The summed E-state index contributed by atoms with van der Waals surface area (Å²) in [5.74, 6) is -2.67. The van der Waals surface area contributed by atoms with Crippen molar-refractivity contribution in [2.75, 3.05) is 0 Å². The van der Waals surface area contributed by atoms with Crippen LogP contribution in [0, 0.1) is 11.6 Å². The number of halogens is 2. The number of fused-ring (bicyclic) bond motifs is 6. The summed E-state index contributed by atoms with van der Waals surface area (Å²) in [4.78, 5) is 22.2. The molecule has 16 heteroatoms. The highest BCUT2D eigenvalue weighted by Crippen LogP contribution is 2.34. The number of hydrogen-bond acceptors (Lipinski definition) is 6. The van der Waals surface area contributed by atoms with Crippen LogP contribution in [0.1, 0.15) is 48.2 Å². The number of aryl methyl sites for hydroxylation is 2. The van der Waals surface area contributed by atoms with Crippen LogP contribution in [0.25, 0.3) is 21.8 Å². The Hall–Kier alpha value is -5.42. The molecule has 0 saturated carbocycles. The largest absolute Gasteiger partial charge is 0.481 e. The number of para-hydroxylation sites is 2. The number of nitrogens with one attached hydrogen (secondary N) is 2. The molecule has 0 amide bonds. The van der Waals surface area contributed by atoms with Gasteiger partial charge in [0, 0.05) is 58.4 Å². The lowest BCUT2D eigenvalue weighted by atomic mass is 9.92. The standard InChI is InChI=1S/2C21H21FN2O4S/c2*22-14-5-8-16(9-6-14)29(27,28)23-15-7-10-20-18(13-15)17-3-1-2-4-19(17)24(20)12-11-21(25)26/h2*1-6,8-9,15,23H,7,10-13H2,(H,25,26)/t2*15-/m11/s1. The summed E-state index contributed by atoms with van der Waals surface area (Å²) in [6.07, 6.45) is 3.64. The van der Waals surface area contributed by atoms with E-state index in [2.05, 4.69) is 9.44 Å². The summed E-state index contributed by atoms with van der Waals surface area (Å²) in [6, 6.07) is 24.6. The number of carboxylic acids is 2. The van der Waals surface area contributed by atoms with Gasteiger partial charge in [-0.2, -0.15) is 0 Å². The summed E-state index contributed by atoms with van der Waals surface area (Å²) < 4.78 is 86.5. The van der Waals surface area contributed by atoms with E-state index >= 15 is 0 Å². The number of sulfonamides is 2. The zero-order chi connectivity index (χ0) is 41.2. The molecule has 6 aromatic rings. The van der Waals surface area contributed by atoms with Gasteiger partial charge in [-0.05, 0) is 110 Å². The lowest BCUT2D eigenvalue weighted by Crippen LogP contribution is -2.39. The van der Waals surface area contributed by atoms with Crippen molar-refractivity contribution < 1.29 is 45.4 Å². The monoisotopic (exact) mass is 832 g/mol. The molecule has 2 aromatic heterocycles. The minimum absolute atomic E-state index is 0.0335. The van der Waals surface area contributed by atoms with Gasteiger partial charge in [0.2, 0.25) is 20.0 Å². The second kappa shape index (κ2) is 16.8. The molecule has 58 heavy (non-hydrogen) atoms. The van der Waals surface area contributed by atoms with E-state index in [1.165, 1.54) is 24.3 Å². The van der Waals surface area contributed by atoms with Gasteiger partial charge >= 0.3 is 11.9 Å². The number of carboxylic acid groups (broad SMARTS) is 2. The van der Waals surface area contributed by atoms with Crippen molar-refractivity contribution in [3.05, 3.63) is 131 Å². The lowest BCUT2D eigenvalue weighted by Gasteiger charge is -2.25. The van der Waals surface area contributed by atoms with Gasteiger partial charge in [-0.25, -0.2) is 35.1 Å². The van der Waals surface area contributed by atoms with Crippen LogP contribution in [0.4, 0.5) is 8.78 Å². The number of aliphatic carboxylic acids is 2. The Morgan fingerprint density at radius 2 is 0.948 bits per heavy atom. The Morgan fingerprint density at radius 3 is 1.31 bits per heavy atom. The number of benzene rings is 4. The second-order valence-electron chi connectivity index (χ2n) is 14.5. The van der Waals surface area contributed by atoms with E-state index in [9.17, 15) is 35.2 Å². The normalized spacial score (nSPS) is 16.7. The molecular formula is C42H42F2N4O8S2. The van der Waals surface area contributed by atoms with E-state index in [1.807, 2.05) is 57.7 Å². The molecule has 2 heterocycles. The topological polar surface area (TPSA) is 177 Å². The molecular weight excluding hydrogens is 791 g/mol. The summed E-state index contributed by atoms with van der Waals surface area (Å²) in [6.45, 7) is 0.772. The Morgan fingerprint density at radius 1 is 0.586 bits per heavy atom. The molecule has 12 nitrogen and oxygen atoms in total. The van der Waals surface area contributed by atoms with E-state index < -0.39 is 43.6 Å². The van der Waals surface area contributed by atoms with E-state index in [0.29, 0.717) is 51.6 Å². The van der Waals surface area contributed by atoms with Gasteiger partial charge in [0.25, 0.3) is 0 Å². The van der Waals surface area contributed by atoms with Gasteiger partial charge in [0.15, 0.2) is 0 Å². The van der Waals surface area contributed by atoms with Crippen molar-refractivity contribution in [1.82, 2.24) is 18.6 Å².